The van der Waals surface area contributed by atoms with Crippen LogP contribution in [0.2, 0.25) is 0 Å². The highest BCUT2D eigenvalue weighted by Crippen LogP contribution is 2.39. The van der Waals surface area contributed by atoms with Crippen LogP contribution in [0.25, 0.3) is 0 Å². The van der Waals surface area contributed by atoms with Crippen molar-refractivity contribution < 1.29 is 8.42 Å². The maximum absolute atomic E-state index is 11.6. The minimum Gasteiger partial charge on any atom is -0.352 e. The van der Waals surface area contributed by atoms with Gasteiger partial charge in [-0.1, -0.05) is 0 Å². The molecule has 1 aromatic heterocycles. The Labute approximate surface area is 121 Å². The molecular formula is C12H16BrN3O2S. The molecule has 2 aliphatic rings. The summed E-state index contributed by atoms with van der Waals surface area (Å²) >= 11 is 3.42. The largest absolute Gasteiger partial charge is 0.352 e. The smallest absolute Gasteiger partial charge is 0.154 e. The summed E-state index contributed by atoms with van der Waals surface area (Å²) in [6, 6.07) is 1.84. The van der Waals surface area contributed by atoms with Crippen LogP contribution in [0.4, 0.5) is 5.82 Å². The number of anilines is 1. The molecule has 7 heteroatoms. The minimum atomic E-state index is -2.89. The fraction of sp³-hybridized carbons (Fsp3) is 0.667. The van der Waals surface area contributed by atoms with E-state index in [0.717, 1.165) is 29.1 Å². The summed E-state index contributed by atoms with van der Waals surface area (Å²) in [5.74, 6) is 2.61. The molecule has 1 saturated heterocycles. The summed E-state index contributed by atoms with van der Waals surface area (Å²) in [5.41, 5.74) is 0. The Morgan fingerprint density at radius 3 is 2.74 bits per heavy atom. The van der Waals surface area contributed by atoms with Gasteiger partial charge in [-0.25, -0.2) is 18.4 Å². The van der Waals surface area contributed by atoms with E-state index in [1.165, 1.54) is 0 Å². The fourth-order valence-corrected chi connectivity index (χ4v) is 4.38. The number of sulfone groups is 1. The van der Waals surface area contributed by atoms with Crippen LogP contribution in [0.3, 0.4) is 0 Å². The third kappa shape index (κ3) is 2.91. The number of nitrogens with zero attached hydrogens (tertiary/aromatic N) is 3. The summed E-state index contributed by atoms with van der Waals surface area (Å²) in [6.45, 7) is 2.45. The van der Waals surface area contributed by atoms with E-state index in [4.69, 9.17) is 0 Å². The van der Waals surface area contributed by atoms with Crippen molar-refractivity contribution in [2.45, 2.75) is 31.7 Å². The number of rotatable bonds is 2. The highest BCUT2D eigenvalue weighted by atomic mass is 79.9. The van der Waals surface area contributed by atoms with Crippen molar-refractivity contribution in [3.8, 4) is 0 Å². The summed E-state index contributed by atoms with van der Waals surface area (Å²) < 4.78 is 24.0. The normalized spacial score (nSPS) is 26.4. The highest BCUT2D eigenvalue weighted by molar-refractivity contribution is 9.10. The van der Waals surface area contributed by atoms with Crippen molar-refractivity contribution in [1.82, 2.24) is 9.97 Å². The molecule has 5 nitrogen and oxygen atoms in total. The van der Waals surface area contributed by atoms with E-state index in [2.05, 4.69) is 30.8 Å². The SMILES string of the molecule is CC1CS(=O)(=O)CCN1c1cc(Br)nc(C2CC2)n1. The van der Waals surface area contributed by atoms with Crippen molar-refractivity contribution >= 4 is 31.6 Å². The second-order valence-electron chi connectivity index (χ2n) is 5.34. The maximum Gasteiger partial charge on any atom is 0.154 e. The molecule has 2 heterocycles. The van der Waals surface area contributed by atoms with Gasteiger partial charge in [-0.05, 0) is 35.7 Å². The lowest BCUT2D eigenvalue weighted by molar-refractivity contribution is 0.566. The molecular weight excluding hydrogens is 330 g/mol. The van der Waals surface area contributed by atoms with E-state index in [1.54, 1.807) is 0 Å². The molecule has 0 N–H and O–H groups in total. The first-order valence-corrected chi connectivity index (χ1v) is 9.07. The molecule has 3 rings (SSSR count). The molecule has 0 aromatic carbocycles. The molecule has 1 saturated carbocycles. The molecule has 1 unspecified atom stereocenters. The topological polar surface area (TPSA) is 63.2 Å². The quantitative estimate of drug-likeness (QED) is 0.764. The van der Waals surface area contributed by atoms with Crippen molar-refractivity contribution in [2.75, 3.05) is 23.0 Å². The first kappa shape index (κ1) is 13.3. The lowest BCUT2D eigenvalue weighted by Gasteiger charge is -2.34. The maximum atomic E-state index is 11.6. The Morgan fingerprint density at radius 2 is 2.11 bits per heavy atom. The van der Waals surface area contributed by atoms with Crippen molar-refractivity contribution in [1.29, 1.82) is 0 Å². The van der Waals surface area contributed by atoms with E-state index in [0.29, 0.717) is 12.5 Å². The van der Waals surface area contributed by atoms with E-state index < -0.39 is 9.84 Å². The predicted molar refractivity (Wildman–Crippen MR) is 77.2 cm³/mol. The number of aromatic nitrogens is 2. The molecule has 0 bridgehead atoms. The van der Waals surface area contributed by atoms with Gasteiger partial charge < -0.3 is 4.90 Å². The van der Waals surface area contributed by atoms with Crippen LogP contribution in [0.1, 0.15) is 31.5 Å². The van der Waals surface area contributed by atoms with Gasteiger partial charge in [0.15, 0.2) is 9.84 Å². The zero-order valence-corrected chi connectivity index (χ0v) is 13.1. The van der Waals surface area contributed by atoms with Crippen LogP contribution in [0.5, 0.6) is 0 Å². The monoisotopic (exact) mass is 345 g/mol. The molecule has 1 aliphatic carbocycles. The molecule has 104 valence electrons. The summed E-state index contributed by atoms with van der Waals surface area (Å²) in [6.07, 6.45) is 2.31. The highest BCUT2D eigenvalue weighted by Gasteiger charge is 2.31. The van der Waals surface area contributed by atoms with Crippen molar-refractivity contribution in [3.05, 3.63) is 16.5 Å². The summed E-state index contributed by atoms with van der Waals surface area (Å²) in [7, 11) is -2.89. The zero-order valence-electron chi connectivity index (χ0n) is 10.7. The predicted octanol–water partition coefficient (Wildman–Crippen LogP) is 1.74. The number of hydrogen-bond donors (Lipinski definition) is 0. The molecule has 0 radical (unpaired) electrons. The second-order valence-corrected chi connectivity index (χ2v) is 8.38. The van der Waals surface area contributed by atoms with Gasteiger partial charge in [0.2, 0.25) is 0 Å². The van der Waals surface area contributed by atoms with Crippen LogP contribution in [-0.2, 0) is 9.84 Å². The molecule has 1 aromatic rings. The van der Waals surface area contributed by atoms with Gasteiger partial charge in [0.1, 0.15) is 16.2 Å². The Hall–Kier alpha value is -0.690. The Morgan fingerprint density at radius 1 is 1.37 bits per heavy atom. The summed E-state index contributed by atoms with van der Waals surface area (Å²) in [4.78, 5) is 11.1. The Balaban J connectivity index is 1.89. The van der Waals surface area contributed by atoms with Crippen LogP contribution in [0, 0.1) is 0 Å². The zero-order chi connectivity index (χ0) is 13.6. The van der Waals surface area contributed by atoms with Crippen LogP contribution in [0.15, 0.2) is 10.7 Å². The van der Waals surface area contributed by atoms with E-state index in [-0.39, 0.29) is 17.5 Å². The molecule has 0 spiro atoms. The van der Waals surface area contributed by atoms with Gasteiger partial charge in [-0.3, -0.25) is 0 Å². The van der Waals surface area contributed by atoms with E-state index in [1.807, 2.05) is 13.0 Å². The average molecular weight is 346 g/mol. The van der Waals surface area contributed by atoms with Crippen LogP contribution in [-0.4, -0.2) is 42.5 Å². The standard InChI is InChI=1S/C12H16BrN3O2S/c1-8-7-19(17,18)5-4-16(8)11-6-10(13)14-12(15-11)9-2-3-9/h6,8-9H,2-5,7H2,1H3. The Kier molecular flexibility index (Phi) is 3.29. The lowest BCUT2D eigenvalue weighted by atomic mass is 10.3. The molecule has 1 aliphatic heterocycles. The molecule has 19 heavy (non-hydrogen) atoms. The van der Waals surface area contributed by atoms with Gasteiger partial charge >= 0.3 is 0 Å². The number of hydrogen-bond acceptors (Lipinski definition) is 5. The third-order valence-corrected chi connectivity index (χ3v) is 5.81. The lowest BCUT2D eigenvalue weighted by Crippen LogP contribution is -2.47. The molecule has 2 fully saturated rings. The first-order valence-electron chi connectivity index (χ1n) is 6.46. The Bertz CT molecular complexity index is 601. The van der Waals surface area contributed by atoms with Crippen LogP contribution < -0.4 is 4.90 Å². The van der Waals surface area contributed by atoms with Crippen LogP contribution >= 0.6 is 15.9 Å². The third-order valence-electron chi connectivity index (χ3n) is 3.61. The second kappa shape index (κ2) is 4.70. The van der Waals surface area contributed by atoms with Gasteiger partial charge in [0, 0.05) is 24.6 Å². The van der Waals surface area contributed by atoms with Crippen molar-refractivity contribution in [2.24, 2.45) is 0 Å². The minimum absolute atomic E-state index is 0.0346. The van der Waals surface area contributed by atoms with E-state index >= 15 is 0 Å². The van der Waals surface area contributed by atoms with Gasteiger partial charge in [0.25, 0.3) is 0 Å². The molecule has 1 atom stereocenters. The average Bonchev–Trinajstić information content (AvgIpc) is 3.10. The first-order chi connectivity index (χ1) is 8.94. The van der Waals surface area contributed by atoms with Gasteiger partial charge in [-0.15, -0.1) is 0 Å². The molecule has 0 amide bonds. The van der Waals surface area contributed by atoms with E-state index in [9.17, 15) is 8.42 Å². The van der Waals surface area contributed by atoms with Gasteiger partial charge in [-0.2, -0.15) is 0 Å². The van der Waals surface area contributed by atoms with Crippen molar-refractivity contribution in [3.63, 3.8) is 0 Å². The summed E-state index contributed by atoms with van der Waals surface area (Å²) in [5, 5.41) is 0. The van der Waals surface area contributed by atoms with Gasteiger partial charge in [0.05, 0.1) is 11.5 Å². The fourth-order valence-electron chi connectivity index (χ4n) is 2.43. The number of halogens is 1.